The molecule has 0 aliphatic carbocycles. The first-order chi connectivity index (χ1) is 15.8. The van der Waals surface area contributed by atoms with E-state index in [1.807, 2.05) is 0 Å². The van der Waals surface area contributed by atoms with E-state index in [-0.39, 0.29) is 29.2 Å². The molecule has 0 atom stereocenters. The van der Waals surface area contributed by atoms with E-state index in [4.69, 9.17) is 0 Å². The fraction of sp³-hybridized carbons (Fsp3) is 0.261. The molecule has 172 valence electrons. The minimum absolute atomic E-state index is 0.0470. The van der Waals surface area contributed by atoms with E-state index >= 15 is 0 Å². The van der Waals surface area contributed by atoms with Crippen molar-refractivity contribution in [3.63, 3.8) is 0 Å². The largest absolute Gasteiger partial charge is 0.418 e. The van der Waals surface area contributed by atoms with Crippen molar-refractivity contribution in [2.75, 3.05) is 28.6 Å². The van der Waals surface area contributed by atoms with Crippen LogP contribution in [-0.2, 0) is 12.7 Å². The standard InChI is InChI=1S/C23H22F3N5O2/c24-23(25,26)17-13-15(6-7-19(17)31-11-3-4-12-31)30-22(33)20-18(8-10-28-21(20)32)29-14-16-5-1-2-9-27-16/h1-2,5-10,13H,3-4,11-12,14H2,(H,30,33)(H2,28,29,32). The van der Waals surface area contributed by atoms with Gasteiger partial charge in [-0.05, 0) is 49.2 Å². The van der Waals surface area contributed by atoms with Crippen LogP contribution < -0.4 is 21.1 Å². The number of hydrogen-bond donors (Lipinski definition) is 3. The van der Waals surface area contributed by atoms with Crippen molar-refractivity contribution in [2.24, 2.45) is 0 Å². The van der Waals surface area contributed by atoms with Crippen LogP contribution in [-0.4, -0.2) is 29.0 Å². The lowest BCUT2D eigenvalue weighted by molar-refractivity contribution is -0.137. The molecular formula is C23H22F3N5O2. The summed E-state index contributed by atoms with van der Waals surface area (Å²) >= 11 is 0. The molecule has 0 bridgehead atoms. The molecule has 1 aromatic carbocycles. The van der Waals surface area contributed by atoms with Gasteiger partial charge in [-0.1, -0.05) is 6.07 Å². The van der Waals surface area contributed by atoms with Crippen molar-refractivity contribution < 1.29 is 18.0 Å². The highest BCUT2D eigenvalue weighted by atomic mass is 19.4. The lowest BCUT2D eigenvalue weighted by Crippen LogP contribution is -2.26. The average molecular weight is 457 g/mol. The van der Waals surface area contributed by atoms with Crippen molar-refractivity contribution in [2.45, 2.75) is 25.6 Å². The van der Waals surface area contributed by atoms with Gasteiger partial charge in [0.1, 0.15) is 5.56 Å². The van der Waals surface area contributed by atoms with Crippen LogP contribution in [0.25, 0.3) is 0 Å². The zero-order valence-electron chi connectivity index (χ0n) is 17.6. The SMILES string of the molecule is O=C(Nc1ccc(N2CCCC2)c(C(F)(F)F)c1)c1c(NCc2ccccn2)cc[nH]c1=O. The summed E-state index contributed by atoms with van der Waals surface area (Å²) in [6.45, 7) is 1.37. The van der Waals surface area contributed by atoms with E-state index in [2.05, 4.69) is 20.6 Å². The number of halogens is 3. The molecule has 0 radical (unpaired) electrons. The van der Waals surface area contributed by atoms with Gasteiger partial charge in [0, 0.05) is 36.9 Å². The normalized spacial score (nSPS) is 13.7. The van der Waals surface area contributed by atoms with Crippen LogP contribution in [0.3, 0.4) is 0 Å². The van der Waals surface area contributed by atoms with E-state index in [1.165, 1.54) is 24.4 Å². The van der Waals surface area contributed by atoms with Gasteiger partial charge in [-0.15, -0.1) is 0 Å². The summed E-state index contributed by atoms with van der Waals surface area (Å²) in [7, 11) is 0. The molecule has 2 aromatic heterocycles. The maximum absolute atomic E-state index is 13.7. The highest BCUT2D eigenvalue weighted by molar-refractivity contribution is 6.07. The van der Waals surface area contributed by atoms with Crippen LogP contribution in [0.4, 0.5) is 30.2 Å². The second-order valence-corrected chi connectivity index (χ2v) is 7.65. The maximum atomic E-state index is 13.7. The predicted molar refractivity (Wildman–Crippen MR) is 119 cm³/mol. The molecule has 3 N–H and O–H groups in total. The molecule has 0 saturated carbocycles. The van der Waals surface area contributed by atoms with E-state index < -0.39 is 23.2 Å². The van der Waals surface area contributed by atoms with Crippen molar-refractivity contribution >= 4 is 23.0 Å². The monoisotopic (exact) mass is 457 g/mol. The molecule has 3 heterocycles. The van der Waals surface area contributed by atoms with Gasteiger partial charge >= 0.3 is 6.18 Å². The molecule has 3 aromatic rings. The van der Waals surface area contributed by atoms with Crippen LogP contribution in [0, 0.1) is 0 Å². The Morgan fingerprint density at radius 1 is 1.12 bits per heavy atom. The Kier molecular flexibility index (Phi) is 6.34. The first-order valence-electron chi connectivity index (χ1n) is 10.5. The molecule has 33 heavy (non-hydrogen) atoms. The topological polar surface area (TPSA) is 90.1 Å². The van der Waals surface area contributed by atoms with Gasteiger partial charge in [0.2, 0.25) is 0 Å². The Labute approximate surface area is 187 Å². The number of nitrogens with one attached hydrogen (secondary N) is 3. The molecule has 1 fully saturated rings. The molecule has 1 aliphatic rings. The number of rotatable bonds is 6. The van der Waals surface area contributed by atoms with Crippen molar-refractivity contribution in [3.05, 3.63) is 82.0 Å². The first kappa shape index (κ1) is 22.4. The zero-order valence-corrected chi connectivity index (χ0v) is 17.6. The number of alkyl halides is 3. The third-order valence-electron chi connectivity index (χ3n) is 5.38. The molecule has 1 aliphatic heterocycles. The van der Waals surface area contributed by atoms with Crippen LogP contribution in [0.5, 0.6) is 0 Å². The number of nitrogens with zero attached hydrogens (tertiary/aromatic N) is 2. The smallest absolute Gasteiger partial charge is 0.379 e. The highest BCUT2D eigenvalue weighted by Crippen LogP contribution is 2.39. The average Bonchev–Trinajstić information content (AvgIpc) is 3.32. The summed E-state index contributed by atoms with van der Waals surface area (Å²) in [4.78, 5) is 33.6. The highest BCUT2D eigenvalue weighted by Gasteiger charge is 2.36. The second kappa shape index (κ2) is 9.35. The van der Waals surface area contributed by atoms with E-state index in [1.54, 1.807) is 29.3 Å². The van der Waals surface area contributed by atoms with E-state index in [0.717, 1.165) is 18.9 Å². The summed E-state index contributed by atoms with van der Waals surface area (Å²) in [6.07, 6.45) is 0.0823. The van der Waals surface area contributed by atoms with Gasteiger partial charge < -0.3 is 20.5 Å². The summed E-state index contributed by atoms with van der Waals surface area (Å²) in [5.41, 5.74) is -0.739. The van der Waals surface area contributed by atoms with Crippen LogP contribution in [0.2, 0.25) is 0 Å². The van der Waals surface area contributed by atoms with Gasteiger partial charge in [0.15, 0.2) is 0 Å². The quantitative estimate of drug-likeness (QED) is 0.515. The number of carbonyl (C=O) groups excluding carboxylic acids is 1. The fourth-order valence-corrected chi connectivity index (χ4v) is 3.81. The number of aromatic amines is 1. The second-order valence-electron chi connectivity index (χ2n) is 7.65. The molecule has 1 amide bonds. The number of aromatic nitrogens is 2. The minimum Gasteiger partial charge on any atom is -0.379 e. The number of hydrogen-bond acceptors (Lipinski definition) is 5. The molecule has 10 heteroatoms. The lowest BCUT2D eigenvalue weighted by atomic mass is 10.1. The Morgan fingerprint density at radius 2 is 1.91 bits per heavy atom. The third-order valence-corrected chi connectivity index (χ3v) is 5.38. The Balaban J connectivity index is 1.59. The third kappa shape index (κ3) is 5.16. The number of pyridine rings is 2. The van der Waals surface area contributed by atoms with Crippen LogP contribution >= 0.6 is 0 Å². The number of benzene rings is 1. The summed E-state index contributed by atoms with van der Waals surface area (Å²) in [6, 6.07) is 10.5. The predicted octanol–water partition coefficient (Wildman–Crippen LogP) is 4.25. The number of amides is 1. The number of carbonyl (C=O) groups is 1. The first-order valence-corrected chi connectivity index (χ1v) is 10.5. The van der Waals surface area contributed by atoms with Crippen molar-refractivity contribution in [1.29, 1.82) is 0 Å². The van der Waals surface area contributed by atoms with Gasteiger partial charge in [0.25, 0.3) is 11.5 Å². The summed E-state index contributed by atoms with van der Waals surface area (Å²) in [5, 5.41) is 5.42. The van der Waals surface area contributed by atoms with Crippen LogP contribution in [0.15, 0.2) is 59.7 Å². The van der Waals surface area contributed by atoms with E-state index in [0.29, 0.717) is 18.8 Å². The van der Waals surface area contributed by atoms with Gasteiger partial charge in [-0.25, -0.2) is 0 Å². The molecule has 1 saturated heterocycles. The molecule has 0 spiro atoms. The van der Waals surface area contributed by atoms with Crippen molar-refractivity contribution in [1.82, 2.24) is 9.97 Å². The van der Waals surface area contributed by atoms with Gasteiger partial charge in [-0.3, -0.25) is 14.6 Å². The fourth-order valence-electron chi connectivity index (χ4n) is 3.81. The molecular weight excluding hydrogens is 435 g/mol. The van der Waals surface area contributed by atoms with Crippen LogP contribution in [0.1, 0.15) is 34.5 Å². The summed E-state index contributed by atoms with van der Waals surface area (Å²) in [5.74, 6) is -0.817. The van der Waals surface area contributed by atoms with Gasteiger partial charge in [-0.2, -0.15) is 13.2 Å². The Morgan fingerprint density at radius 3 is 2.61 bits per heavy atom. The summed E-state index contributed by atoms with van der Waals surface area (Å²) < 4.78 is 41.2. The molecule has 7 nitrogen and oxygen atoms in total. The molecule has 4 rings (SSSR count). The van der Waals surface area contributed by atoms with E-state index in [9.17, 15) is 22.8 Å². The zero-order chi connectivity index (χ0) is 23.4. The van der Waals surface area contributed by atoms with Crippen molar-refractivity contribution in [3.8, 4) is 0 Å². The lowest BCUT2D eigenvalue weighted by Gasteiger charge is -2.23. The Bertz CT molecular complexity index is 1190. The maximum Gasteiger partial charge on any atom is 0.418 e. The number of H-pyrrole nitrogens is 1. The number of anilines is 3. The van der Waals surface area contributed by atoms with Gasteiger partial charge in [0.05, 0.1) is 23.5 Å². The Hall–Kier alpha value is -3.82. The molecule has 0 unspecified atom stereocenters. The minimum atomic E-state index is -4.59.